The maximum Gasteiger partial charge on any atom is 0.264 e. The zero-order valence-corrected chi connectivity index (χ0v) is 16.4. The van der Waals surface area contributed by atoms with Crippen molar-refractivity contribution in [1.82, 2.24) is 9.88 Å². The van der Waals surface area contributed by atoms with Gasteiger partial charge in [-0.3, -0.25) is 14.8 Å². The molecule has 0 saturated heterocycles. The van der Waals surface area contributed by atoms with Crippen LogP contribution in [0.5, 0.6) is 5.75 Å². The van der Waals surface area contributed by atoms with Crippen LogP contribution in [0.2, 0.25) is 0 Å². The maximum absolute atomic E-state index is 11.9. The molecule has 6 nitrogen and oxygen atoms in total. The zero-order chi connectivity index (χ0) is 20.8. The Morgan fingerprint density at radius 2 is 1.93 bits per heavy atom. The number of benzene rings is 1. The molecule has 4 bridgehead atoms. The van der Waals surface area contributed by atoms with Crippen LogP contribution in [0.4, 0.5) is 0 Å². The van der Waals surface area contributed by atoms with Crippen LogP contribution in [-0.2, 0) is 4.79 Å². The SMILES string of the molecule is NC(=O)C1=CC2CN1CC=N\C=C/C=C\C=C/C=C\c1ccc3nccc(c3c1)O2. The van der Waals surface area contributed by atoms with Crippen molar-refractivity contribution in [2.75, 3.05) is 13.1 Å². The molecule has 1 unspecified atom stereocenters. The Labute approximate surface area is 175 Å². The summed E-state index contributed by atoms with van der Waals surface area (Å²) >= 11 is 0. The van der Waals surface area contributed by atoms with E-state index in [9.17, 15) is 4.79 Å². The first-order valence-corrected chi connectivity index (χ1v) is 9.71. The van der Waals surface area contributed by atoms with Gasteiger partial charge in [0, 0.05) is 24.0 Å². The minimum Gasteiger partial charge on any atom is -0.484 e. The summed E-state index contributed by atoms with van der Waals surface area (Å²) in [4.78, 5) is 22.4. The number of carbonyl (C=O) groups is 1. The molecular weight excluding hydrogens is 376 g/mol. The Hall–Kier alpha value is -3.93. The second kappa shape index (κ2) is 9.05. The molecule has 2 N–H and O–H groups in total. The van der Waals surface area contributed by atoms with Gasteiger partial charge in [0.05, 0.1) is 18.6 Å². The van der Waals surface area contributed by atoms with E-state index in [1.807, 2.05) is 71.7 Å². The van der Waals surface area contributed by atoms with Crippen molar-refractivity contribution in [3.8, 4) is 5.75 Å². The van der Waals surface area contributed by atoms with E-state index in [1.54, 1.807) is 24.7 Å². The summed E-state index contributed by atoms with van der Waals surface area (Å²) in [5.74, 6) is 0.240. The number of hydrogen-bond acceptors (Lipinski definition) is 5. The van der Waals surface area contributed by atoms with E-state index < -0.39 is 5.91 Å². The normalized spacial score (nSPS) is 23.0. The van der Waals surface area contributed by atoms with Gasteiger partial charge in [0.25, 0.3) is 5.91 Å². The molecule has 0 saturated carbocycles. The third kappa shape index (κ3) is 4.55. The third-order valence-electron chi connectivity index (χ3n) is 4.76. The Morgan fingerprint density at radius 3 is 2.80 bits per heavy atom. The number of primary amides is 1. The zero-order valence-electron chi connectivity index (χ0n) is 16.4. The van der Waals surface area contributed by atoms with Crippen LogP contribution in [0, 0.1) is 0 Å². The average Bonchev–Trinajstić information content (AvgIpc) is 3.14. The highest BCUT2D eigenvalue weighted by Gasteiger charge is 2.27. The quantitative estimate of drug-likeness (QED) is 0.798. The van der Waals surface area contributed by atoms with Crippen molar-refractivity contribution in [1.29, 1.82) is 0 Å². The predicted octanol–water partition coefficient (Wildman–Crippen LogP) is 3.39. The number of ether oxygens (including phenoxy) is 1. The van der Waals surface area contributed by atoms with Crippen molar-refractivity contribution in [3.63, 3.8) is 0 Å². The van der Waals surface area contributed by atoms with Crippen molar-refractivity contribution in [2.24, 2.45) is 10.7 Å². The number of rotatable bonds is 1. The van der Waals surface area contributed by atoms with Gasteiger partial charge in [-0.1, -0.05) is 42.5 Å². The summed E-state index contributed by atoms with van der Waals surface area (Å²) in [7, 11) is 0. The number of hydrogen-bond donors (Lipinski definition) is 1. The molecule has 1 aromatic carbocycles. The lowest BCUT2D eigenvalue weighted by molar-refractivity contribution is -0.115. The molecular formula is C24H22N4O2. The van der Waals surface area contributed by atoms with E-state index in [0.29, 0.717) is 18.8 Å². The van der Waals surface area contributed by atoms with Gasteiger partial charge in [-0.25, -0.2) is 0 Å². The first kappa shape index (κ1) is 19.4. The van der Waals surface area contributed by atoms with Gasteiger partial charge in [0.1, 0.15) is 17.6 Å². The van der Waals surface area contributed by atoms with Crippen LogP contribution >= 0.6 is 0 Å². The first-order chi connectivity index (χ1) is 14.7. The van der Waals surface area contributed by atoms with E-state index in [4.69, 9.17) is 10.5 Å². The Morgan fingerprint density at radius 1 is 1.10 bits per heavy atom. The molecule has 30 heavy (non-hydrogen) atoms. The van der Waals surface area contributed by atoms with Crippen molar-refractivity contribution < 1.29 is 9.53 Å². The summed E-state index contributed by atoms with van der Waals surface area (Å²) < 4.78 is 6.24. The third-order valence-corrected chi connectivity index (χ3v) is 4.76. The van der Waals surface area contributed by atoms with Crippen LogP contribution in [-0.4, -0.2) is 41.2 Å². The van der Waals surface area contributed by atoms with Crippen LogP contribution < -0.4 is 10.5 Å². The highest BCUT2D eigenvalue weighted by molar-refractivity contribution is 5.92. The summed E-state index contributed by atoms with van der Waals surface area (Å²) in [6.07, 6.45) is 20.2. The second-order valence-corrected chi connectivity index (χ2v) is 6.87. The molecule has 2 aliphatic rings. The lowest BCUT2D eigenvalue weighted by atomic mass is 10.1. The number of fused-ring (bicyclic) bond motifs is 3. The topological polar surface area (TPSA) is 80.8 Å². The number of pyridine rings is 1. The molecule has 0 radical (unpaired) electrons. The molecule has 4 rings (SSSR count). The van der Waals surface area contributed by atoms with Crippen LogP contribution in [0.15, 0.2) is 89.9 Å². The van der Waals surface area contributed by atoms with Crippen molar-refractivity contribution in [3.05, 3.63) is 90.5 Å². The minimum atomic E-state index is -0.478. The lowest BCUT2D eigenvalue weighted by Crippen LogP contribution is -2.32. The van der Waals surface area contributed by atoms with Gasteiger partial charge in [-0.15, -0.1) is 0 Å². The molecule has 1 atom stereocenters. The largest absolute Gasteiger partial charge is 0.484 e. The molecule has 0 aliphatic carbocycles. The molecule has 1 aromatic heterocycles. The highest BCUT2D eigenvalue weighted by atomic mass is 16.5. The fraction of sp³-hybridized carbons (Fsp3) is 0.125. The van der Waals surface area contributed by atoms with Gasteiger partial charge in [0.15, 0.2) is 0 Å². The Bertz CT molecular complexity index is 1130. The number of nitrogens with zero attached hydrogens (tertiary/aromatic N) is 3. The van der Waals surface area contributed by atoms with Crippen LogP contribution in [0.3, 0.4) is 0 Å². The second-order valence-electron chi connectivity index (χ2n) is 6.87. The van der Waals surface area contributed by atoms with E-state index in [-0.39, 0.29) is 6.10 Å². The van der Waals surface area contributed by atoms with Crippen LogP contribution in [0.1, 0.15) is 5.56 Å². The molecule has 0 fully saturated rings. The number of aliphatic imine (C=N–C) groups is 1. The molecule has 1 amide bonds. The van der Waals surface area contributed by atoms with E-state index in [2.05, 4.69) is 9.98 Å². The Balaban J connectivity index is 1.72. The average molecular weight is 398 g/mol. The fourth-order valence-corrected chi connectivity index (χ4v) is 3.37. The van der Waals surface area contributed by atoms with Gasteiger partial charge >= 0.3 is 0 Å². The van der Waals surface area contributed by atoms with E-state index in [1.165, 1.54) is 0 Å². The summed E-state index contributed by atoms with van der Waals surface area (Å²) in [5.41, 5.74) is 7.90. The highest BCUT2D eigenvalue weighted by Crippen LogP contribution is 2.28. The molecule has 2 aliphatic heterocycles. The number of amides is 1. The molecule has 2 aromatic rings. The first-order valence-electron chi connectivity index (χ1n) is 9.71. The summed E-state index contributed by atoms with van der Waals surface area (Å²) in [6.45, 7) is 0.981. The number of nitrogens with two attached hydrogens (primary N) is 1. The smallest absolute Gasteiger partial charge is 0.264 e. The molecule has 6 heteroatoms. The van der Waals surface area contributed by atoms with E-state index >= 15 is 0 Å². The lowest BCUT2D eigenvalue weighted by Gasteiger charge is -2.20. The number of carbonyl (C=O) groups excluding carboxylic acids is 1. The number of allylic oxidation sites excluding steroid dienone is 6. The predicted molar refractivity (Wildman–Crippen MR) is 120 cm³/mol. The van der Waals surface area contributed by atoms with Crippen LogP contribution in [0.25, 0.3) is 17.0 Å². The monoisotopic (exact) mass is 398 g/mol. The number of aromatic nitrogens is 1. The van der Waals surface area contributed by atoms with Crippen molar-refractivity contribution in [2.45, 2.75) is 6.10 Å². The molecule has 3 heterocycles. The van der Waals surface area contributed by atoms with Gasteiger partial charge in [-0.05, 0) is 35.9 Å². The van der Waals surface area contributed by atoms with Gasteiger partial charge < -0.3 is 15.4 Å². The maximum atomic E-state index is 11.9. The molecule has 0 spiro atoms. The fourth-order valence-electron chi connectivity index (χ4n) is 3.37. The van der Waals surface area contributed by atoms with E-state index in [0.717, 1.165) is 22.2 Å². The standard InChI is InChI=1S/C24H22N4O2/c25-24(29)22-16-19-17-28(22)14-13-26-11-6-4-2-1-3-5-7-18-8-9-21-20(15-18)23(30-19)10-12-27-21/h1-13,15-16,19H,14,17H2,(H2,25,29)/b3-1-,4-2-,7-5-,11-6-,26-13?. The summed E-state index contributed by atoms with van der Waals surface area (Å²) in [5, 5.41) is 0.916. The van der Waals surface area contributed by atoms with Crippen molar-refractivity contribution >= 4 is 29.1 Å². The minimum absolute atomic E-state index is 0.297. The Kier molecular flexibility index (Phi) is 5.85. The molecule has 150 valence electrons. The summed E-state index contributed by atoms with van der Waals surface area (Å²) in [6, 6.07) is 7.88. The van der Waals surface area contributed by atoms with Gasteiger partial charge in [-0.2, -0.15) is 0 Å². The van der Waals surface area contributed by atoms with Gasteiger partial charge in [0.2, 0.25) is 0 Å².